The first kappa shape index (κ1) is 16.5. The van der Waals surface area contributed by atoms with E-state index in [1.165, 1.54) is 42.5 Å². The van der Waals surface area contributed by atoms with Crippen molar-refractivity contribution in [3.63, 3.8) is 0 Å². The quantitative estimate of drug-likeness (QED) is 0.674. The lowest BCUT2D eigenvalue weighted by atomic mass is 10.1. The molecule has 3 rings (SSSR count). The van der Waals surface area contributed by atoms with Gasteiger partial charge in [0.1, 0.15) is 0 Å². The fourth-order valence-electron chi connectivity index (χ4n) is 2.19. The van der Waals surface area contributed by atoms with Gasteiger partial charge in [0.25, 0.3) is 5.91 Å². The maximum Gasteiger partial charge on any atom is 0.449 e. The number of aromatic amines is 1. The molecule has 0 bridgehead atoms. The number of aromatic carboxylic acids is 1. The maximum absolute atomic E-state index is 12.6. The average Bonchev–Trinajstić information content (AvgIpc) is 2.98. The number of fused-ring (bicyclic) bond motifs is 1. The monoisotopic (exact) mass is 349 g/mol. The molecule has 0 aliphatic carbocycles. The third kappa shape index (κ3) is 3.44. The van der Waals surface area contributed by atoms with E-state index >= 15 is 0 Å². The summed E-state index contributed by atoms with van der Waals surface area (Å²) in [5.74, 6) is -2.75. The molecule has 3 N–H and O–H groups in total. The molecular formula is C16H10F3N3O3. The number of hydrogen-bond acceptors (Lipinski definition) is 3. The molecule has 6 nitrogen and oxygen atoms in total. The van der Waals surface area contributed by atoms with Crippen LogP contribution in [-0.2, 0) is 6.18 Å². The lowest BCUT2D eigenvalue weighted by molar-refractivity contribution is -0.144. The fourth-order valence-corrected chi connectivity index (χ4v) is 2.19. The number of nitrogens with one attached hydrogen (secondary N) is 2. The molecule has 0 atom stereocenters. The highest BCUT2D eigenvalue weighted by atomic mass is 19.4. The van der Waals surface area contributed by atoms with Gasteiger partial charge in [-0.05, 0) is 42.5 Å². The number of rotatable bonds is 3. The summed E-state index contributed by atoms with van der Waals surface area (Å²) < 4.78 is 37.9. The smallest absolute Gasteiger partial charge is 0.449 e. The Balaban J connectivity index is 1.82. The van der Waals surface area contributed by atoms with Crippen LogP contribution in [0.3, 0.4) is 0 Å². The number of carbonyl (C=O) groups excluding carboxylic acids is 1. The van der Waals surface area contributed by atoms with E-state index in [0.29, 0.717) is 0 Å². The first-order valence-electron chi connectivity index (χ1n) is 6.96. The van der Waals surface area contributed by atoms with Crippen LogP contribution >= 0.6 is 0 Å². The van der Waals surface area contributed by atoms with Crippen LogP contribution in [0.5, 0.6) is 0 Å². The number of benzene rings is 2. The van der Waals surface area contributed by atoms with Crippen LogP contribution in [0.2, 0.25) is 0 Å². The lowest BCUT2D eigenvalue weighted by Crippen LogP contribution is -2.12. The number of imidazole rings is 1. The van der Waals surface area contributed by atoms with Crippen molar-refractivity contribution < 1.29 is 27.9 Å². The highest BCUT2D eigenvalue weighted by Gasteiger charge is 2.34. The third-order valence-corrected chi connectivity index (χ3v) is 3.40. The molecule has 0 aliphatic heterocycles. The molecule has 1 heterocycles. The molecule has 0 radical (unpaired) electrons. The molecule has 1 aromatic heterocycles. The van der Waals surface area contributed by atoms with Crippen molar-refractivity contribution in [2.45, 2.75) is 6.18 Å². The summed E-state index contributed by atoms with van der Waals surface area (Å²) >= 11 is 0. The van der Waals surface area contributed by atoms with Crippen molar-refractivity contribution in [1.82, 2.24) is 9.97 Å². The first-order chi connectivity index (χ1) is 11.7. The molecule has 25 heavy (non-hydrogen) atoms. The highest BCUT2D eigenvalue weighted by molar-refractivity contribution is 6.05. The Hall–Kier alpha value is -3.36. The van der Waals surface area contributed by atoms with Crippen LogP contribution in [0, 0.1) is 0 Å². The largest absolute Gasteiger partial charge is 0.478 e. The number of nitrogens with zero attached hydrogens (tertiary/aromatic N) is 1. The van der Waals surface area contributed by atoms with Crippen molar-refractivity contribution in [3.8, 4) is 0 Å². The molecular weight excluding hydrogens is 339 g/mol. The zero-order valence-electron chi connectivity index (χ0n) is 12.4. The molecule has 0 saturated heterocycles. The molecule has 9 heteroatoms. The Bertz CT molecular complexity index is 962. The summed E-state index contributed by atoms with van der Waals surface area (Å²) in [4.78, 5) is 28.5. The van der Waals surface area contributed by atoms with Gasteiger partial charge in [0.05, 0.1) is 16.6 Å². The van der Waals surface area contributed by atoms with Crippen molar-refractivity contribution in [2.24, 2.45) is 0 Å². The molecule has 128 valence electrons. The number of carboxylic acids is 1. The Morgan fingerprint density at radius 1 is 1.04 bits per heavy atom. The number of H-pyrrole nitrogens is 1. The Kier molecular flexibility index (Phi) is 3.91. The van der Waals surface area contributed by atoms with Crippen molar-refractivity contribution in [2.75, 3.05) is 5.32 Å². The maximum atomic E-state index is 12.6. The highest BCUT2D eigenvalue weighted by Crippen LogP contribution is 2.29. The molecule has 2 aromatic carbocycles. The van der Waals surface area contributed by atoms with Crippen molar-refractivity contribution >= 4 is 28.6 Å². The Labute approximate surface area is 138 Å². The van der Waals surface area contributed by atoms with Crippen LogP contribution in [0.4, 0.5) is 18.9 Å². The number of amides is 1. The number of halogens is 3. The van der Waals surface area contributed by atoms with E-state index in [-0.39, 0.29) is 27.8 Å². The molecule has 0 unspecified atom stereocenters. The summed E-state index contributed by atoms with van der Waals surface area (Å²) in [7, 11) is 0. The van der Waals surface area contributed by atoms with Gasteiger partial charge in [-0.3, -0.25) is 4.79 Å². The third-order valence-electron chi connectivity index (χ3n) is 3.40. The summed E-state index contributed by atoms with van der Waals surface area (Å²) in [5, 5.41) is 11.4. The van der Waals surface area contributed by atoms with Gasteiger partial charge < -0.3 is 15.4 Å². The van der Waals surface area contributed by atoms with Crippen LogP contribution in [0.15, 0.2) is 42.5 Å². The molecule has 3 aromatic rings. The van der Waals surface area contributed by atoms with Gasteiger partial charge in [0, 0.05) is 11.3 Å². The topological polar surface area (TPSA) is 95.1 Å². The number of aromatic nitrogens is 2. The number of carbonyl (C=O) groups is 2. The number of alkyl halides is 3. The molecule has 0 aliphatic rings. The summed E-state index contributed by atoms with van der Waals surface area (Å²) in [6.07, 6.45) is -4.59. The zero-order chi connectivity index (χ0) is 18.2. The Morgan fingerprint density at radius 2 is 1.68 bits per heavy atom. The van der Waals surface area contributed by atoms with Crippen LogP contribution in [0.1, 0.15) is 26.5 Å². The molecule has 0 fully saturated rings. The number of anilines is 1. The van der Waals surface area contributed by atoms with Crippen molar-refractivity contribution in [3.05, 3.63) is 59.4 Å². The number of carboxylic acid groups (broad SMARTS) is 1. The molecule has 0 spiro atoms. The van der Waals surface area contributed by atoms with Crippen LogP contribution in [0.25, 0.3) is 11.0 Å². The van der Waals surface area contributed by atoms with Gasteiger partial charge in [-0.2, -0.15) is 13.2 Å². The van der Waals surface area contributed by atoms with E-state index in [2.05, 4.69) is 15.3 Å². The molecule has 1 amide bonds. The fraction of sp³-hybridized carbons (Fsp3) is 0.0625. The second kappa shape index (κ2) is 5.93. The van der Waals surface area contributed by atoms with E-state index in [0.717, 1.165) is 0 Å². The summed E-state index contributed by atoms with van der Waals surface area (Å²) in [6.45, 7) is 0. The SMILES string of the molecule is O=C(O)c1ccc(C(=O)Nc2ccc3nc(C(F)(F)F)[nH]c3c2)cc1. The second-order valence-corrected chi connectivity index (χ2v) is 5.15. The first-order valence-corrected chi connectivity index (χ1v) is 6.96. The minimum atomic E-state index is -4.59. The average molecular weight is 349 g/mol. The minimum absolute atomic E-state index is 0.0371. The summed E-state index contributed by atoms with van der Waals surface area (Å²) in [6, 6.07) is 9.36. The van der Waals surface area contributed by atoms with Crippen LogP contribution < -0.4 is 5.32 Å². The zero-order valence-corrected chi connectivity index (χ0v) is 12.4. The van der Waals surface area contributed by atoms with E-state index in [1.807, 2.05) is 0 Å². The van der Waals surface area contributed by atoms with E-state index in [1.54, 1.807) is 0 Å². The standard InChI is InChI=1S/C16H10F3N3O3/c17-16(18,19)15-21-11-6-5-10(7-12(11)22-15)20-13(23)8-1-3-9(4-2-8)14(24)25/h1-7H,(H,20,23)(H,21,22)(H,24,25). The number of hydrogen-bond donors (Lipinski definition) is 3. The predicted molar refractivity (Wildman–Crippen MR) is 82.5 cm³/mol. The van der Waals surface area contributed by atoms with Gasteiger partial charge in [0.15, 0.2) is 0 Å². The Morgan fingerprint density at radius 3 is 2.28 bits per heavy atom. The summed E-state index contributed by atoms with van der Waals surface area (Å²) in [5.41, 5.74) is 0.778. The second-order valence-electron chi connectivity index (χ2n) is 5.15. The molecule has 0 saturated carbocycles. The van der Waals surface area contributed by atoms with Gasteiger partial charge >= 0.3 is 12.1 Å². The minimum Gasteiger partial charge on any atom is -0.478 e. The van der Waals surface area contributed by atoms with Crippen LogP contribution in [-0.4, -0.2) is 27.0 Å². The lowest BCUT2D eigenvalue weighted by Gasteiger charge is -2.05. The van der Waals surface area contributed by atoms with E-state index in [4.69, 9.17) is 5.11 Å². The van der Waals surface area contributed by atoms with E-state index in [9.17, 15) is 22.8 Å². The van der Waals surface area contributed by atoms with E-state index < -0.39 is 23.9 Å². The van der Waals surface area contributed by atoms with Gasteiger partial charge in [-0.1, -0.05) is 0 Å². The normalized spacial score (nSPS) is 11.5. The van der Waals surface area contributed by atoms with Gasteiger partial charge in [0.2, 0.25) is 5.82 Å². The van der Waals surface area contributed by atoms with Gasteiger partial charge in [-0.25, -0.2) is 9.78 Å². The predicted octanol–water partition coefficient (Wildman–Crippen LogP) is 3.53. The van der Waals surface area contributed by atoms with Crippen molar-refractivity contribution in [1.29, 1.82) is 0 Å². The van der Waals surface area contributed by atoms with Gasteiger partial charge in [-0.15, -0.1) is 0 Å².